The number of aromatic nitrogens is 4. The summed E-state index contributed by atoms with van der Waals surface area (Å²) in [6, 6.07) is 7.33. The van der Waals surface area contributed by atoms with Crippen LogP contribution in [0, 0.1) is 5.92 Å². The van der Waals surface area contributed by atoms with Crippen LogP contribution < -0.4 is 0 Å². The van der Waals surface area contributed by atoms with Crippen LogP contribution in [0.15, 0.2) is 37.4 Å². The first-order valence-corrected chi connectivity index (χ1v) is 10.6. The van der Waals surface area contributed by atoms with E-state index >= 15 is 0 Å². The average molecular weight is 397 g/mol. The van der Waals surface area contributed by atoms with Crippen LogP contribution in [-0.2, 0) is 5.75 Å². The molecule has 0 atom stereocenters. The second-order valence-corrected chi connectivity index (χ2v) is 9.29. The van der Waals surface area contributed by atoms with Crippen LogP contribution in [0.1, 0.15) is 18.7 Å². The minimum absolute atomic E-state index is 0.500. The van der Waals surface area contributed by atoms with E-state index in [9.17, 15) is 0 Å². The second-order valence-electron chi connectivity index (χ2n) is 5.38. The molecule has 0 aliphatic heterocycles. The fraction of sp³-hybridized carbons (Fsp3) is 0.333. The van der Waals surface area contributed by atoms with Crippen LogP contribution in [-0.4, -0.2) is 26.1 Å². The molecule has 0 spiro atoms. The van der Waals surface area contributed by atoms with Gasteiger partial charge in [0.05, 0.1) is 5.75 Å². The largest absolute Gasteiger partial charge is 0.420 e. The van der Waals surface area contributed by atoms with Crippen molar-refractivity contribution in [3.63, 3.8) is 0 Å². The van der Waals surface area contributed by atoms with E-state index in [-0.39, 0.29) is 0 Å². The summed E-state index contributed by atoms with van der Waals surface area (Å²) >= 11 is 10.9. The molecule has 1 aromatic carbocycles. The van der Waals surface area contributed by atoms with E-state index in [2.05, 4.69) is 20.4 Å². The van der Waals surface area contributed by atoms with Crippen molar-refractivity contribution in [2.75, 3.05) is 5.75 Å². The van der Waals surface area contributed by atoms with Crippen molar-refractivity contribution in [3.8, 4) is 11.5 Å². The lowest BCUT2D eigenvalue weighted by atomic mass is 10.2. The van der Waals surface area contributed by atoms with Crippen molar-refractivity contribution < 1.29 is 4.42 Å². The van der Waals surface area contributed by atoms with Gasteiger partial charge in [0.1, 0.15) is 0 Å². The van der Waals surface area contributed by atoms with Gasteiger partial charge in [0, 0.05) is 16.3 Å². The van der Waals surface area contributed by atoms with Gasteiger partial charge in [0.25, 0.3) is 0 Å². The molecule has 0 amide bonds. The van der Waals surface area contributed by atoms with Crippen molar-refractivity contribution in [3.05, 3.63) is 35.2 Å². The zero-order chi connectivity index (χ0) is 16.4. The predicted molar refractivity (Wildman–Crippen MR) is 97.7 cm³/mol. The molecular formula is C15H13ClN4OS3. The number of thioether (sulfide) groups is 2. The molecule has 1 aliphatic rings. The van der Waals surface area contributed by atoms with Crippen LogP contribution in [0.3, 0.4) is 0 Å². The molecule has 3 aromatic rings. The van der Waals surface area contributed by atoms with Gasteiger partial charge in [-0.25, -0.2) is 0 Å². The molecule has 2 aromatic heterocycles. The van der Waals surface area contributed by atoms with Crippen molar-refractivity contribution in [1.82, 2.24) is 20.4 Å². The van der Waals surface area contributed by atoms with Crippen molar-refractivity contribution in [1.29, 1.82) is 0 Å². The van der Waals surface area contributed by atoms with E-state index in [4.69, 9.17) is 16.0 Å². The Balaban J connectivity index is 1.33. The highest BCUT2D eigenvalue weighted by atomic mass is 35.5. The third-order valence-electron chi connectivity index (χ3n) is 3.40. The van der Waals surface area contributed by atoms with E-state index in [0.29, 0.717) is 22.6 Å². The Morgan fingerprint density at radius 3 is 2.54 bits per heavy atom. The van der Waals surface area contributed by atoms with Gasteiger partial charge in [0.15, 0.2) is 8.68 Å². The van der Waals surface area contributed by atoms with E-state index in [0.717, 1.165) is 25.9 Å². The number of hydrogen-bond donors (Lipinski definition) is 0. The lowest BCUT2D eigenvalue weighted by molar-refractivity contribution is 0.528. The van der Waals surface area contributed by atoms with Crippen LogP contribution in [0.25, 0.3) is 11.5 Å². The molecule has 1 fully saturated rings. The zero-order valence-electron chi connectivity index (χ0n) is 12.5. The quantitative estimate of drug-likeness (QED) is 0.518. The molecule has 0 N–H and O–H groups in total. The van der Waals surface area contributed by atoms with Gasteiger partial charge in [-0.1, -0.05) is 46.5 Å². The molecule has 24 heavy (non-hydrogen) atoms. The molecule has 0 bridgehead atoms. The van der Waals surface area contributed by atoms with Gasteiger partial charge in [-0.2, -0.15) is 0 Å². The molecule has 0 unspecified atom stereocenters. The summed E-state index contributed by atoms with van der Waals surface area (Å²) in [6.07, 6.45) is 2.72. The van der Waals surface area contributed by atoms with E-state index in [1.165, 1.54) is 12.8 Å². The molecule has 9 heteroatoms. The third-order valence-corrected chi connectivity index (χ3v) is 7.06. The smallest absolute Gasteiger partial charge is 0.247 e. The monoisotopic (exact) mass is 396 g/mol. The first-order valence-electron chi connectivity index (χ1n) is 7.44. The highest BCUT2D eigenvalue weighted by molar-refractivity contribution is 8.02. The number of halogens is 1. The minimum Gasteiger partial charge on any atom is -0.420 e. The average Bonchev–Trinajstić information content (AvgIpc) is 3.12. The number of hydrogen-bond acceptors (Lipinski definition) is 8. The van der Waals surface area contributed by atoms with Gasteiger partial charge in [-0.05, 0) is 43.0 Å². The molecule has 1 aliphatic carbocycles. The molecule has 0 radical (unpaired) electrons. The summed E-state index contributed by atoms with van der Waals surface area (Å²) in [5, 5.41) is 17.3. The lowest BCUT2D eigenvalue weighted by Crippen LogP contribution is -1.80. The number of nitrogens with zero attached hydrogens (tertiary/aromatic N) is 4. The van der Waals surface area contributed by atoms with Crippen molar-refractivity contribution >= 4 is 46.5 Å². The Bertz CT molecular complexity index is 816. The molecule has 2 heterocycles. The van der Waals surface area contributed by atoms with Crippen LogP contribution in [0.2, 0.25) is 5.02 Å². The number of rotatable bonds is 7. The van der Waals surface area contributed by atoms with E-state index in [1.807, 2.05) is 12.1 Å². The lowest BCUT2D eigenvalue weighted by Gasteiger charge is -1.94. The SMILES string of the molecule is Clc1ccc(-c2nnc(CSc3nnc(SCC4CC4)s3)o2)cc1. The molecule has 124 valence electrons. The maximum Gasteiger partial charge on any atom is 0.247 e. The Kier molecular flexibility index (Phi) is 5.07. The normalized spacial score (nSPS) is 14.2. The molecule has 5 nitrogen and oxygen atoms in total. The summed E-state index contributed by atoms with van der Waals surface area (Å²) in [5.74, 6) is 3.71. The van der Waals surface area contributed by atoms with Crippen LogP contribution in [0.5, 0.6) is 0 Å². The van der Waals surface area contributed by atoms with Gasteiger partial charge < -0.3 is 4.42 Å². The summed E-state index contributed by atoms with van der Waals surface area (Å²) in [5.41, 5.74) is 0.859. The Morgan fingerprint density at radius 1 is 1.04 bits per heavy atom. The summed E-state index contributed by atoms with van der Waals surface area (Å²) < 4.78 is 7.66. The maximum absolute atomic E-state index is 5.88. The highest BCUT2D eigenvalue weighted by Crippen LogP contribution is 2.37. The van der Waals surface area contributed by atoms with Gasteiger partial charge in [-0.15, -0.1) is 20.4 Å². The van der Waals surface area contributed by atoms with Crippen LogP contribution >= 0.6 is 46.5 Å². The Morgan fingerprint density at radius 2 is 1.79 bits per heavy atom. The van der Waals surface area contributed by atoms with Gasteiger partial charge >= 0.3 is 0 Å². The predicted octanol–water partition coefficient (Wildman–Crippen LogP) is 5.04. The number of benzene rings is 1. The molecular weight excluding hydrogens is 384 g/mol. The third kappa shape index (κ3) is 4.30. The molecule has 4 rings (SSSR count). The molecule has 1 saturated carbocycles. The Hall–Kier alpha value is -1.09. The van der Waals surface area contributed by atoms with Crippen molar-refractivity contribution in [2.24, 2.45) is 5.92 Å². The van der Waals surface area contributed by atoms with E-state index in [1.54, 1.807) is 47.0 Å². The van der Waals surface area contributed by atoms with Gasteiger partial charge in [-0.3, -0.25) is 0 Å². The highest BCUT2D eigenvalue weighted by Gasteiger charge is 2.22. The summed E-state index contributed by atoms with van der Waals surface area (Å²) in [6.45, 7) is 0. The zero-order valence-corrected chi connectivity index (χ0v) is 15.7. The summed E-state index contributed by atoms with van der Waals surface area (Å²) in [7, 11) is 0. The van der Waals surface area contributed by atoms with Crippen molar-refractivity contribution in [2.45, 2.75) is 27.3 Å². The topological polar surface area (TPSA) is 64.7 Å². The summed E-state index contributed by atoms with van der Waals surface area (Å²) in [4.78, 5) is 0. The second kappa shape index (κ2) is 7.43. The fourth-order valence-electron chi connectivity index (χ4n) is 1.93. The Labute approximate surface area is 156 Å². The standard InChI is InChI=1S/C15H13ClN4OS3/c16-11-5-3-10(4-6-11)13-18-17-12(21-13)8-23-15-20-19-14(24-15)22-7-9-1-2-9/h3-6,9H,1-2,7-8H2. The fourth-order valence-corrected chi connectivity index (χ4v) is 5.13. The van der Waals surface area contributed by atoms with Crippen LogP contribution in [0.4, 0.5) is 0 Å². The molecule has 0 saturated heterocycles. The van der Waals surface area contributed by atoms with E-state index < -0.39 is 0 Å². The maximum atomic E-state index is 5.88. The van der Waals surface area contributed by atoms with Gasteiger partial charge in [0.2, 0.25) is 11.8 Å². The minimum atomic E-state index is 0.500. The first kappa shape index (κ1) is 16.4. The first-order chi connectivity index (χ1) is 11.8.